The molecule has 3 N–H and O–H groups in total. The summed E-state index contributed by atoms with van der Waals surface area (Å²) in [5, 5.41) is 11.8. The normalized spacial score (nSPS) is 11.4. The maximum Gasteiger partial charge on any atom is 0.254 e. The van der Waals surface area contributed by atoms with Gasteiger partial charge in [-0.1, -0.05) is 32.7 Å². The highest BCUT2D eigenvalue weighted by atomic mass is 79.9. The fraction of sp³-hybridized carbons (Fsp3) is 0.273. The van der Waals surface area contributed by atoms with Crippen LogP contribution in [0.1, 0.15) is 17.3 Å². The van der Waals surface area contributed by atoms with Crippen LogP contribution in [0, 0.1) is 0 Å². The number of amidine groups is 1. The summed E-state index contributed by atoms with van der Waals surface area (Å²) in [6.07, 6.45) is 0. The second-order valence-corrected chi connectivity index (χ2v) is 4.92. The van der Waals surface area contributed by atoms with Crippen LogP contribution in [0.3, 0.4) is 0 Å². The molecule has 0 aliphatic carbocycles. The molecule has 0 aliphatic heterocycles. The summed E-state index contributed by atoms with van der Waals surface area (Å²) in [6, 6.07) is 4.94. The van der Waals surface area contributed by atoms with Gasteiger partial charge in [-0.05, 0) is 25.1 Å². The minimum absolute atomic E-state index is 0.0220. The molecule has 0 bridgehead atoms. The van der Waals surface area contributed by atoms with Gasteiger partial charge in [-0.2, -0.15) is 0 Å². The van der Waals surface area contributed by atoms with Gasteiger partial charge >= 0.3 is 0 Å². The third kappa shape index (κ3) is 3.89. The lowest BCUT2D eigenvalue weighted by Gasteiger charge is -2.20. The van der Waals surface area contributed by atoms with Crippen LogP contribution < -0.4 is 5.73 Å². The number of carbonyl (C=O) groups excluding carboxylic acids is 1. The average molecular weight is 335 g/mol. The third-order valence-electron chi connectivity index (χ3n) is 2.26. The Kier molecular flexibility index (Phi) is 5.43. The van der Waals surface area contributed by atoms with Crippen LogP contribution in [-0.2, 0) is 0 Å². The van der Waals surface area contributed by atoms with E-state index in [0.29, 0.717) is 17.1 Å². The number of rotatable bonds is 4. The van der Waals surface area contributed by atoms with Gasteiger partial charge in [0, 0.05) is 21.6 Å². The minimum atomic E-state index is -0.229. The SMILES string of the molecule is CCN(C/C(N)=N/O)C(=O)c1cc(Cl)cc(Br)c1. The average Bonchev–Trinajstić information content (AvgIpc) is 2.33. The zero-order chi connectivity index (χ0) is 13.7. The molecule has 0 unspecified atom stereocenters. The highest BCUT2D eigenvalue weighted by Crippen LogP contribution is 2.20. The lowest BCUT2D eigenvalue weighted by molar-refractivity contribution is 0.0786. The van der Waals surface area contributed by atoms with Crippen molar-refractivity contribution in [1.82, 2.24) is 4.90 Å². The molecule has 0 saturated carbocycles. The van der Waals surface area contributed by atoms with Gasteiger partial charge in [0.05, 0.1) is 6.54 Å². The van der Waals surface area contributed by atoms with Crippen LogP contribution in [0.5, 0.6) is 0 Å². The van der Waals surface area contributed by atoms with E-state index in [1.807, 2.05) is 6.92 Å². The van der Waals surface area contributed by atoms with Crippen molar-refractivity contribution in [2.24, 2.45) is 10.9 Å². The number of halogens is 2. The predicted molar refractivity (Wildman–Crippen MR) is 74.1 cm³/mol. The van der Waals surface area contributed by atoms with E-state index in [-0.39, 0.29) is 18.3 Å². The molecule has 1 amide bonds. The lowest BCUT2D eigenvalue weighted by atomic mass is 10.2. The maximum atomic E-state index is 12.2. The number of nitrogens with two attached hydrogens (primary N) is 1. The molecule has 0 heterocycles. The molecule has 0 atom stereocenters. The van der Waals surface area contributed by atoms with Crippen LogP contribution in [0.15, 0.2) is 27.8 Å². The Bertz CT molecular complexity index is 459. The highest BCUT2D eigenvalue weighted by molar-refractivity contribution is 9.10. The number of nitrogens with zero attached hydrogens (tertiary/aromatic N) is 2. The fourth-order valence-corrected chi connectivity index (χ4v) is 2.27. The quantitative estimate of drug-likeness (QED) is 0.384. The first kappa shape index (κ1) is 14.8. The van der Waals surface area contributed by atoms with Gasteiger partial charge in [0.1, 0.15) is 0 Å². The summed E-state index contributed by atoms with van der Waals surface area (Å²) >= 11 is 9.16. The number of hydrogen-bond acceptors (Lipinski definition) is 3. The first-order valence-corrected chi connectivity index (χ1v) is 6.36. The summed E-state index contributed by atoms with van der Waals surface area (Å²) in [4.78, 5) is 13.6. The highest BCUT2D eigenvalue weighted by Gasteiger charge is 2.16. The molecular formula is C11H13BrClN3O2. The molecule has 7 heteroatoms. The molecule has 0 spiro atoms. The van der Waals surface area contributed by atoms with E-state index in [2.05, 4.69) is 21.1 Å². The Labute approximate surface area is 118 Å². The van der Waals surface area contributed by atoms with Gasteiger partial charge in [0.25, 0.3) is 5.91 Å². The predicted octanol–water partition coefficient (Wildman–Crippen LogP) is 2.31. The molecule has 5 nitrogen and oxygen atoms in total. The van der Waals surface area contributed by atoms with Gasteiger partial charge in [-0.15, -0.1) is 0 Å². The zero-order valence-electron chi connectivity index (χ0n) is 9.73. The van der Waals surface area contributed by atoms with Crippen LogP contribution >= 0.6 is 27.5 Å². The fourth-order valence-electron chi connectivity index (χ4n) is 1.41. The molecule has 18 heavy (non-hydrogen) atoms. The van der Waals surface area contributed by atoms with Crippen LogP contribution in [0.2, 0.25) is 5.02 Å². The van der Waals surface area contributed by atoms with Crippen molar-refractivity contribution < 1.29 is 10.0 Å². The van der Waals surface area contributed by atoms with E-state index in [1.165, 1.54) is 4.90 Å². The molecule has 1 aromatic carbocycles. The molecule has 0 saturated heterocycles. The molecular weight excluding hydrogens is 321 g/mol. The van der Waals surface area contributed by atoms with Crippen molar-refractivity contribution in [3.05, 3.63) is 33.3 Å². The first-order chi connectivity index (χ1) is 8.47. The summed E-state index contributed by atoms with van der Waals surface area (Å²) in [6.45, 7) is 2.32. The molecule has 0 aromatic heterocycles. The second-order valence-electron chi connectivity index (χ2n) is 3.57. The van der Waals surface area contributed by atoms with Gasteiger partial charge in [0.2, 0.25) is 0 Å². The lowest BCUT2D eigenvalue weighted by Crippen LogP contribution is -2.38. The van der Waals surface area contributed by atoms with E-state index in [4.69, 9.17) is 22.5 Å². The number of likely N-dealkylation sites (N-methyl/N-ethyl adjacent to an activating group) is 1. The van der Waals surface area contributed by atoms with E-state index in [1.54, 1.807) is 18.2 Å². The Hall–Kier alpha value is -1.27. The Morgan fingerprint density at radius 1 is 1.56 bits per heavy atom. The Morgan fingerprint density at radius 3 is 2.72 bits per heavy atom. The van der Waals surface area contributed by atoms with Crippen molar-refractivity contribution in [2.45, 2.75) is 6.92 Å². The minimum Gasteiger partial charge on any atom is -0.409 e. The van der Waals surface area contributed by atoms with E-state index < -0.39 is 0 Å². The van der Waals surface area contributed by atoms with Gasteiger partial charge in [0.15, 0.2) is 5.84 Å². The molecule has 1 rings (SSSR count). The Morgan fingerprint density at radius 2 is 2.22 bits per heavy atom. The van der Waals surface area contributed by atoms with E-state index in [0.717, 1.165) is 4.47 Å². The maximum absolute atomic E-state index is 12.2. The summed E-state index contributed by atoms with van der Waals surface area (Å²) in [5.41, 5.74) is 5.84. The van der Waals surface area contributed by atoms with E-state index >= 15 is 0 Å². The van der Waals surface area contributed by atoms with E-state index in [9.17, 15) is 4.79 Å². The first-order valence-electron chi connectivity index (χ1n) is 5.19. The zero-order valence-corrected chi connectivity index (χ0v) is 12.1. The summed E-state index contributed by atoms with van der Waals surface area (Å²) in [7, 11) is 0. The monoisotopic (exact) mass is 333 g/mol. The second kappa shape index (κ2) is 6.61. The Balaban J connectivity index is 2.96. The molecule has 0 radical (unpaired) electrons. The smallest absolute Gasteiger partial charge is 0.254 e. The number of benzene rings is 1. The van der Waals surface area contributed by atoms with Crippen molar-refractivity contribution in [2.75, 3.05) is 13.1 Å². The van der Waals surface area contributed by atoms with Crippen molar-refractivity contribution in [3.63, 3.8) is 0 Å². The topological polar surface area (TPSA) is 78.9 Å². The standard InChI is InChI=1S/C11H13BrClN3O2/c1-2-16(6-10(14)15-18)11(17)7-3-8(12)5-9(13)4-7/h3-5,18H,2,6H2,1H3,(H2,14,15). The number of amides is 1. The van der Waals surface area contributed by atoms with Crippen molar-refractivity contribution >= 4 is 39.3 Å². The van der Waals surface area contributed by atoms with Crippen LogP contribution in [0.25, 0.3) is 0 Å². The third-order valence-corrected chi connectivity index (χ3v) is 2.94. The van der Waals surface area contributed by atoms with Crippen LogP contribution in [-0.4, -0.2) is 34.9 Å². The molecule has 1 aromatic rings. The largest absolute Gasteiger partial charge is 0.409 e. The van der Waals surface area contributed by atoms with Gasteiger partial charge in [-0.25, -0.2) is 0 Å². The van der Waals surface area contributed by atoms with Gasteiger partial charge in [-0.3, -0.25) is 4.79 Å². The molecule has 98 valence electrons. The van der Waals surface area contributed by atoms with Crippen molar-refractivity contribution in [1.29, 1.82) is 0 Å². The number of carbonyl (C=O) groups is 1. The van der Waals surface area contributed by atoms with Crippen LogP contribution in [0.4, 0.5) is 0 Å². The molecule has 0 fully saturated rings. The number of hydrogen-bond donors (Lipinski definition) is 2. The molecule has 0 aliphatic rings. The van der Waals surface area contributed by atoms with Gasteiger partial charge < -0.3 is 15.8 Å². The summed E-state index contributed by atoms with van der Waals surface area (Å²) in [5.74, 6) is -0.251. The summed E-state index contributed by atoms with van der Waals surface area (Å²) < 4.78 is 0.721. The number of oxime groups is 1. The van der Waals surface area contributed by atoms with Crippen molar-refractivity contribution in [3.8, 4) is 0 Å².